The molecule has 5 nitrogen and oxygen atoms in total. The Morgan fingerprint density at radius 3 is 2.50 bits per heavy atom. The van der Waals surface area contributed by atoms with Gasteiger partial charge >= 0.3 is 5.97 Å². The minimum Gasteiger partial charge on any atom is -0.481 e. The first kappa shape index (κ1) is 17.0. The van der Waals surface area contributed by atoms with E-state index in [0.29, 0.717) is 25.3 Å². The largest absolute Gasteiger partial charge is 0.481 e. The molecule has 1 rings (SSSR count). The van der Waals surface area contributed by atoms with Crippen molar-refractivity contribution in [3.05, 3.63) is 0 Å². The average Bonchev–Trinajstić information content (AvgIpc) is 2.33. The molecule has 0 aliphatic heterocycles. The molecule has 0 heterocycles. The number of hydrogen-bond donors (Lipinski definition) is 3. The molecule has 20 heavy (non-hydrogen) atoms. The third-order valence-corrected chi connectivity index (χ3v) is 4.20. The Balaban J connectivity index is 2.18. The molecule has 1 aliphatic carbocycles. The van der Waals surface area contributed by atoms with E-state index in [2.05, 4.69) is 12.2 Å². The summed E-state index contributed by atoms with van der Waals surface area (Å²) < 4.78 is 0. The van der Waals surface area contributed by atoms with E-state index < -0.39 is 5.97 Å². The van der Waals surface area contributed by atoms with Gasteiger partial charge in [-0.05, 0) is 38.0 Å². The summed E-state index contributed by atoms with van der Waals surface area (Å²) in [6, 6.07) is 0. The van der Waals surface area contributed by atoms with Gasteiger partial charge in [0.05, 0.1) is 0 Å². The highest BCUT2D eigenvalue weighted by Gasteiger charge is 2.34. The molecule has 1 amide bonds. The van der Waals surface area contributed by atoms with E-state index in [1.165, 1.54) is 0 Å². The van der Waals surface area contributed by atoms with E-state index in [4.69, 9.17) is 10.8 Å². The lowest BCUT2D eigenvalue weighted by Crippen LogP contribution is -2.50. The number of carboxylic acid groups (broad SMARTS) is 1. The first-order chi connectivity index (χ1) is 9.45. The maximum Gasteiger partial charge on any atom is 0.303 e. The minimum absolute atomic E-state index is 0.0284. The lowest BCUT2D eigenvalue weighted by atomic mass is 9.75. The second kappa shape index (κ2) is 8.25. The van der Waals surface area contributed by atoms with Crippen LogP contribution < -0.4 is 11.1 Å². The van der Waals surface area contributed by atoms with Crippen LogP contribution >= 0.6 is 0 Å². The zero-order valence-corrected chi connectivity index (χ0v) is 12.5. The molecular weight excluding hydrogens is 256 g/mol. The molecule has 5 heteroatoms. The third-order valence-electron chi connectivity index (χ3n) is 4.20. The van der Waals surface area contributed by atoms with Gasteiger partial charge in [-0.25, -0.2) is 0 Å². The van der Waals surface area contributed by atoms with Gasteiger partial charge in [-0.1, -0.05) is 19.8 Å². The highest BCUT2D eigenvalue weighted by molar-refractivity contribution is 5.77. The number of carbonyl (C=O) groups excluding carboxylic acids is 1. The van der Waals surface area contributed by atoms with E-state index in [-0.39, 0.29) is 17.9 Å². The molecule has 0 aromatic heterocycles. The summed E-state index contributed by atoms with van der Waals surface area (Å²) in [5.41, 5.74) is 5.77. The van der Waals surface area contributed by atoms with Crippen LogP contribution in [0.4, 0.5) is 0 Å². The molecule has 1 atom stereocenters. The second-order valence-corrected chi connectivity index (χ2v) is 6.12. The molecule has 0 radical (unpaired) electrons. The predicted octanol–water partition coefficient (Wildman–Crippen LogP) is 2.05. The van der Waals surface area contributed by atoms with Crippen LogP contribution in [0, 0.1) is 5.92 Å². The van der Waals surface area contributed by atoms with E-state index in [1.807, 2.05) is 0 Å². The normalized spacial score (nSPS) is 18.1. The van der Waals surface area contributed by atoms with Crippen LogP contribution in [-0.2, 0) is 9.59 Å². The fourth-order valence-electron chi connectivity index (χ4n) is 2.77. The maximum absolute atomic E-state index is 11.8. The van der Waals surface area contributed by atoms with Crippen molar-refractivity contribution in [2.75, 3.05) is 6.54 Å². The minimum atomic E-state index is -0.745. The highest BCUT2D eigenvalue weighted by atomic mass is 16.4. The Morgan fingerprint density at radius 2 is 2.00 bits per heavy atom. The van der Waals surface area contributed by atoms with Gasteiger partial charge in [-0.2, -0.15) is 0 Å². The van der Waals surface area contributed by atoms with Crippen molar-refractivity contribution >= 4 is 11.9 Å². The van der Waals surface area contributed by atoms with Crippen molar-refractivity contribution in [1.29, 1.82) is 0 Å². The standard InChI is InChI=1S/C15H28N2O3/c1-2-4-12(5-6-14(19)20)7-10-17-13(18)11-15(16)8-3-9-15/h12H,2-11,16H2,1H3,(H,17,18)(H,19,20). The fourth-order valence-corrected chi connectivity index (χ4v) is 2.77. The molecule has 0 saturated heterocycles. The van der Waals surface area contributed by atoms with Gasteiger partial charge in [0.2, 0.25) is 5.91 Å². The van der Waals surface area contributed by atoms with Crippen LogP contribution in [0.2, 0.25) is 0 Å². The van der Waals surface area contributed by atoms with Gasteiger partial charge in [-0.3, -0.25) is 9.59 Å². The van der Waals surface area contributed by atoms with E-state index in [1.54, 1.807) is 0 Å². The summed E-state index contributed by atoms with van der Waals surface area (Å²) in [5, 5.41) is 11.6. The van der Waals surface area contributed by atoms with Crippen molar-refractivity contribution in [3.8, 4) is 0 Å². The topological polar surface area (TPSA) is 92.4 Å². The van der Waals surface area contributed by atoms with Crippen molar-refractivity contribution in [2.24, 2.45) is 11.7 Å². The molecule has 1 aliphatic rings. The summed E-state index contributed by atoms with van der Waals surface area (Å²) in [5.74, 6) is -0.335. The zero-order valence-electron chi connectivity index (χ0n) is 12.5. The van der Waals surface area contributed by atoms with Gasteiger partial charge < -0.3 is 16.2 Å². The number of rotatable bonds is 10. The Labute approximate surface area is 121 Å². The Bertz CT molecular complexity index is 327. The van der Waals surface area contributed by atoms with Crippen molar-refractivity contribution in [3.63, 3.8) is 0 Å². The number of amides is 1. The zero-order chi connectivity index (χ0) is 15.0. The third kappa shape index (κ3) is 6.37. The van der Waals surface area contributed by atoms with Gasteiger partial charge in [-0.15, -0.1) is 0 Å². The summed E-state index contributed by atoms with van der Waals surface area (Å²) in [6.07, 6.45) is 7.25. The fraction of sp³-hybridized carbons (Fsp3) is 0.867. The SMILES string of the molecule is CCCC(CCNC(=O)CC1(N)CCC1)CCC(=O)O. The number of nitrogens with two attached hydrogens (primary N) is 1. The number of nitrogens with one attached hydrogen (secondary N) is 1. The van der Waals surface area contributed by atoms with E-state index in [9.17, 15) is 9.59 Å². The molecule has 1 unspecified atom stereocenters. The summed E-state index contributed by atoms with van der Waals surface area (Å²) in [6.45, 7) is 2.72. The van der Waals surface area contributed by atoms with Crippen LogP contribution in [-0.4, -0.2) is 29.1 Å². The smallest absolute Gasteiger partial charge is 0.303 e. The Kier molecular flexibility index (Phi) is 6.99. The summed E-state index contributed by atoms with van der Waals surface area (Å²) in [4.78, 5) is 22.4. The first-order valence-corrected chi connectivity index (χ1v) is 7.72. The van der Waals surface area contributed by atoms with Crippen LogP contribution in [0.1, 0.15) is 64.7 Å². The molecule has 1 saturated carbocycles. The van der Waals surface area contributed by atoms with E-state index >= 15 is 0 Å². The second-order valence-electron chi connectivity index (χ2n) is 6.12. The number of carbonyl (C=O) groups is 2. The molecular formula is C15H28N2O3. The van der Waals surface area contributed by atoms with Gasteiger partial charge in [0.15, 0.2) is 0 Å². The predicted molar refractivity (Wildman–Crippen MR) is 78.3 cm³/mol. The van der Waals surface area contributed by atoms with Crippen molar-refractivity contribution < 1.29 is 14.7 Å². The molecule has 1 fully saturated rings. The molecule has 0 aromatic carbocycles. The summed E-state index contributed by atoms with van der Waals surface area (Å²) in [7, 11) is 0. The lowest BCUT2D eigenvalue weighted by molar-refractivity contribution is -0.137. The number of hydrogen-bond acceptors (Lipinski definition) is 3. The Morgan fingerprint density at radius 1 is 1.30 bits per heavy atom. The molecule has 0 bridgehead atoms. The molecule has 0 spiro atoms. The van der Waals surface area contributed by atoms with Crippen molar-refractivity contribution in [1.82, 2.24) is 5.32 Å². The van der Waals surface area contributed by atoms with Gasteiger partial charge in [0.1, 0.15) is 0 Å². The maximum atomic E-state index is 11.8. The van der Waals surface area contributed by atoms with Crippen LogP contribution in [0.25, 0.3) is 0 Å². The Hall–Kier alpha value is -1.10. The van der Waals surface area contributed by atoms with E-state index in [0.717, 1.165) is 38.5 Å². The lowest BCUT2D eigenvalue weighted by Gasteiger charge is -2.37. The van der Waals surface area contributed by atoms with Crippen molar-refractivity contribution in [2.45, 2.75) is 70.3 Å². The van der Waals surface area contributed by atoms with Gasteiger partial charge in [0.25, 0.3) is 0 Å². The monoisotopic (exact) mass is 284 g/mol. The molecule has 4 N–H and O–H groups in total. The average molecular weight is 284 g/mol. The first-order valence-electron chi connectivity index (χ1n) is 7.72. The molecule has 116 valence electrons. The van der Waals surface area contributed by atoms with Crippen LogP contribution in [0.5, 0.6) is 0 Å². The van der Waals surface area contributed by atoms with Gasteiger partial charge in [0, 0.05) is 24.9 Å². The summed E-state index contributed by atoms with van der Waals surface area (Å²) >= 11 is 0. The number of aliphatic carboxylic acids is 1. The van der Waals surface area contributed by atoms with Crippen LogP contribution in [0.15, 0.2) is 0 Å². The molecule has 0 aromatic rings. The quantitative estimate of drug-likeness (QED) is 0.572. The number of carboxylic acids is 1. The highest BCUT2D eigenvalue weighted by Crippen LogP contribution is 2.31. The van der Waals surface area contributed by atoms with Crippen LogP contribution in [0.3, 0.4) is 0 Å².